The molecule has 0 saturated carbocycles. The molecule has 4 N–H and O–H groups in total. The molecule has 4 rings (SSSR count). The van der Waals surface area contributed by atoms with Gasteiger partial charge in [0.05, 0.1) is 17.1 Å². The summed E-state index contributed by atoms with van der Waals surface area (Å²) in [6.45, 7) is -0.144. The van der Waals surface area contributed by atoms with Gasteiger partial charge in [-0.05, 0) is 23.1 Å². The summed E-state index contributed by atoms with van der Waals surface area (Å²) in [7, 11) is 0. The molecule has 3 amide bonds. The topological polar surface area (TPSA) is 132 Å². The monoisotopic (exact) mass is 458 g/mol. The van der Waals surface area contributed by atoms with Gasteiger partial charge in [-0.2, -0.15) is 0 Å². The van der Waals surface area contributed by atoms with E-state index in [4.69, 9.17) is 16.9 Å². The number of terminal acetylenes is 1. The fraction of sp³-hybridized carbons (Fsp3) is 0.0870. The lowest BCUT2D eigenvalue weighted by atomic mass is 10.00. The molecule has 0 fully saturated rings. The quantitative estimate of drug-likeness (QED) is 0.378. The molecule has 0 aliphatic rings. The van der Waals surface area contributed by atoms with Crippen molar-refractivity contribution in [3.05, 3.63) is 70.8 Å². The van der Waals surface area contributed by atoms with Gasteiger partial charge in [0, 0.05) is 23.3 Å². The molecule has 33 heavy (non-hydrogen) atoms. The number of urea groups is 1. The molecule has 0 spiro atoms. The number of aromatic nitrogens is 3. The molecule has 2 heterocycles. The number of anilines is 1. The van der Waals surface area contributed by atoms with E-state index in [-0.39, 0.29) is 6.61 Å². The first kappa shape index (κ1) is 21.7. The number of nitrogens with two attached hydrogens (primary N) is 1. The van der Waals surface area contributed by atoms with Gasteiger partial charge in [-0.3, -0.25) is 15.3 Å². The van der Waals surface area contributed by atoms with Crippen LogP contribution in [0.4, 0.5) is 15.4 Å². The number of nitrogens with one attached hydrogen (secondary N) is 2. The maximum atomic E-state index is 12.5. The van der Waals surface area contributed by atoms with Crippen LogP contribution in [-0.4, -0.2) is 33.7 Å². The normalized spacial score (nSPS) is 11.4. The molecule has 0 aliphatic carbocycles. The van der Waals surface area contributed by atoms with E-state index in [1.807, 2.05) is 42.5 Å². The maximum Gasteiger partial charge on any atom is 0.404 e. The standard InChI is InChI=1S/C23H18N6O3S/c1-2-20-28-19(13-33-20)29-23(31)27-18(12-32-22(24)30)15-8-6-14(7-9-15)16-4-3-5-17-21(16)26-11-10-25-17/h1,3-11,13,18H,12H2,(H2,24,30)(H2,27,29,31). The molecule has 10 heteroatoms. The number of hydrogen-bond acceptors (Lipinski definition) is 7. The summed E-state index contributed by atoms with van der Waals surface area (Å²) in [5, 5.41) is 7.45. The molecule has 0 saturated heterocycles. The van der Waals surface area contributed by atoms with Crippen molar-refractivity contribution in [3.63, 3.8) is 0 Å². The predicted octanol–water partition coefficient (Wildman–Crippen LogP) is 3.69. The van der Waals surface area contributed by atoms with Crippen LogP contribution in [0.15, 0.2) is 60.2 Å². The van der Waals surface area contributed by atoms with Crippen molar-refractivity contribution in [1.29, 1.82) is 0 Å². The van der Waals surface area contributed by atoms with Crippen LogP contribution >= 0.6 is 11.3 Å². The molecular formula is C23H18N6O3S. The number of carbonyl (C=O) groups excluding carboxylic acids is 2. The van der Waals surface area contributed by atoms with Gasteiger partial charge in [0.2, 0.25) is 0 Å². The van der Waals surface area contributed by atoms with Gasteiger partial charge in [-0.25, -0.2) is 14.6 Å². The highest BCUT2D eigenvalue weighted by molar-refractivity contribution is 7.10. The van der Waals surface area contributed by atoms with Gasteiger partial charge in [-0.1, -0.05) is 36.4 Å². The summed E-state index contributed by atoms with van der Waals surface area (Å²) >= 11 is 1.24. The highest BCUT2D eigenvalue weighted by Crippen LogP contribution is 2.27. The number of rotatable bonds is 6. The Morgan fingerprint density at radius 1 is 1.15 bits per heavy atom. The summed E-state index contributed by atoms with van der Waals surface area (Å²) < 4.78 is 4.94. The van der Waals surface area contributed by atoms with Gasteiger partial charge >= 0.3 is 12.1 Å². The Morgan fingerprint density at radius 2 is 1.94 bits per heavy atom. The molecule has 2 aromatic heterocycles. The number of ether oxygens (including phenoxy) is 1. The molecule has 0 radical (unpaired) electrons. The van der Waals surface area contributed by atoms with Crippen LogP contribution in [0.25, 0.3) is 22.2 Å². The van der Waals surface area contributed by atoms with Crippen molar-refractivity contribution in [1.82, 2.24) is 20.3 Å². The second-order valence-corrected chi connectivity index (χ2v) is 7.67. The van der Waals surface area contributed by atoms with Crippen LogP contribution in [0.2, 0.25) is 0 Å². The Hall–Kier alpha value is -4.49. The summed E-state index contributed by atoms with van der Waals surface area (Å²) in [4.78, 5) is 36.5. The third kappa shape index (κ3) is 5.23. The Labute approximate surface area is 193 Å². The number of hydrogen-bond donors (Lipinski definition) is 3. The highest BCUT2D eigenvalue weighted by Gasteiger charge is 2.18. The Kier molecular flexibility index (Phi) is 6.43. The zero-order valence-electron chi connectivity index (χ0n) is 17.2. The molecule has 1 atom stereocenters. The number of benzene rings is 2. The molecule has 0 bridgehead atoms. The fourth-order valence-electron chi connectivity index (χ4n) is 3.22. The van der Waals surface area contributed by atoms with E-state index in [9.17, 15) is 9.59 Å². The first-order valence-corrected chi connectivity index (χ1v) is 10.6. The molecule has 164 valence electrons. The van der Waals surface area contributed by atoms with Gasteiger partial charge in [0.25, 0.3) is 0 Å². The van der Waals surface area contributed by atoms with Crippen molar-refractivity contribution < 1.29 is 14.3 Å². The van der Waals surface area contributed by atoms with Crippen molar-refractivity contribution in [3.8, 4) is 23.5 Å². The van der Waals surface area contributed by atoms with Crippen molar-refractivity contribution >= 4 is 40.3 Å². The Morgan fingerprint density at radius 3 is 2.67 bits per heavy atom. The molecule has 9 nitrogen and oxygen atoms in total. The SMILES string of the molecule is C#Cc1nc(NC(=O)NC(COC(N)=O)c2ccc(-c3cccc4nccnc34)cc2)cs1. The summed E-state index contributed by atoms with van der Waals surface area (Å²) in [6.07, 6.45) is 7.66. The first-order chi connectivity index (χ1) is 16.0. The largest absolute Gasteiger partial charge is 0.447 e. The average Bonchev–Trinajstić information content (AvgIpc) is 3.29. The minimum absolute atomic E-state index is 0.144. The minimum Gasteiger partial charge on any atom is -0.447 e. The number of para-hydroxylation sites is 1. The van der Waals surface area contributed by atoms with E-state index >= 15 is 0 Å². The third-order valence-electron chi connectivity index (χ3n) is 4.69. The lowest BCUT2D eigenvalue weighted by Crippen LogP contribution is -2.36. The second-order valence-electron chi connectivity index (χ2n) is 6.81. The number of carbonyl (C=O) groups is 2. The smallest absolute Gasteiger partial charge is 0.404 e. The van der Waals surface area contributed by atoms with Crippen molar-refractivity contribution in [2.24, 2.45) is 5.73 Å². The summed E-state index contributed by atoms with van der Waals surface area (Å²) in [6, 6.07) is 12.1. The number of nitrogens with zero attached hydrogens (tertiary/aromatic N) is 3. The minimum atomic E-state index is -0.939. The van der Waals surface area contributed by atoms with E-state index < -0.39 is 18.2 Å². The van der Waals surface area contributed by atoms with Crippen LogP contribution in [0, 0.1) is 12.3 Å². The van der Waals surface area contributed by atoms with Gasteiger partial charge in [0.1, 0.15) is 12.4 Å². The fourth-order valence-corrected chi connectivity index (χ4v) is 3.77. The van der Waals surface area contributed by atoms with Gasteiger partial charge < -0.3 is 15.8 Å². The van der Waals surface area contributed by atoms with Gasteiger partial charge in [-0.15, -0.1) is 17.8 Å². The Bertz CT molecular complexity index is 1340. The number of thiazole rings is 1. The van der Waals surface area contributed by atoms with E-state index in [0.717, 1.165) is 22.2 Å². The highest BCUT2D eigenvalue weighted by atomic mass is 32.1. The zero-order chi connectivity index (χ0) is 23.2. The number of amides is 3. The molecular weight excluding hydrogens is 440 g/mol. The maximum absolute atomic E-state index is 12.5. The molecule has 0 aliphatic heterocycles. The van der Waals surface area contributed by atoms with Crippen LogP contribution in [0.3, 0.4) is 0 Å². The second kappa shape index (κ2) is 9.76. The lowest BCUT2D eigenvalue weighted by Gasteiger charge is -2.19. The van der Waals surface area contributed by atoms with Gasteiger partial charge in [0.15, 0.2) is 5.01 Å². The van der Waals surface area contributed by atoms with Crippen LogP contribution < -0.4 is 16.4 Å². The van der Waals surface area contributed by atoms with E-state index in [0.29, 0.717) is 16.4 Å². The van der Waals surface area contributed by atoms with Crippen LogP contribution in [0.5, 0.6) is 0 Å². The molecule has 2 aromatic carbocycles. The number of fused-ring (bicyclic) bond motifs is 1. The van der Waals surface area contributed by atoms with E-state index in [1.54, 1.807) is 17.8 Å². The van der Waals surface area contributed by atoms with E-state index in [1.165, 1.54) is 11.3 Å². The first-order valence-electron chi connectivity index (χ1n) is 9.75. The summed E-state index contributed by atoms with van der Waals surface area (Å²) in [5.41, 5.74) is 9.25. The number of primary amides is 1. The third-order valence-corrected chi connectivity index (χ3v) is 5.46. The zero-order valence-corrected chi connectivity index (χ0v) is 18.0. The van der Waals surface area contributed by atoms with Crippen molar-refractivity contribution in [2.75, 3.05) is 11.9 Å². The predicted molar refractivity (Wildman–Crippen MR) is 125 cm³/mol. The molecule has 4 aromatic rings. The molecule has 1 unspecified atom stereocenters. The van der Waals surface area contributed by atoms with Crippen LogP contribution in [-0.2, 0) is 4.74 Å². The lowest BCUT2D eigenvalue weighted by molar-refractivity contribution is 0.144. The van der Waals surface area contributed by atoms with E-state index in [2.05, 4.69) is 31.5 Å². The van der Waals surface area contributed by atoms with Crippen molar-refractivity contribution in [2.45, 2.75) is 6.04 Å². The summed E-state index contributed by atoms with van der Waals surface area (Å²) in [5.74, 6) is 2.73. The van der Waals surface area contributed by atoms with Crippen LogP contribution in [0.1, 0.15) is 16.6 Å². The average molecular weight is 459 g/mol. The Balaban J connectivity index is 1.54.